The fourth-order valence-corrected chi connectivity index (χ4v) is 4.75. The topological polar surface area (TPSA) is 58.1 Å². The normalized spacial score (nSPS) is 15.6. The number of anilines is 1. The van der Waals surface area contributed by atoms with Gasteiger partial charge < -0.3 is 10.2 Å². The Labute approximate surface area is 191 Å². The van der Waals surface area contributed by atoms with E-state index in [1.54, 1.807) is 17.7 Å². The van der Waals surface area contributed by atoms with Crippen LogP contribution in [0.5, 0.6) is 0 Å². The molecular weight excluding hydrogens is 416 g/mol. The molecule has 2 aliphatic rings. The van der Waals surface area contributed by atoms with Gasteiger partial charge in [0.1, 0.15) is 12.1 Å². The third-order valence-electron chi connectivity index (χ3n) is 6.18. The number of nitrogens with one attached hydrogen (secondary N) is 1. The van der Waals surface area contributed by atoms with Crippen molar-refractivity contribution >= 4 is 34.0 Å². The monoisotopic (exact) mass is 440 g/mol. The predicted molar refractivity (Wildman–Crippen MR) is 129 cm³/mol. The van der Waals surface area contributed by atoms with E-state index in [1.807, 2.05) is 21.7 Å². The number of carbonyl (C=O) groups is 1. The van der Waals surface area contributed by atoms with Crippen molar-refractivity contribution in [2.75, 3.05) is 5.32 Å². The van der Waals surface area contributed by atoms with Crippen LogP contribution >= 0.6 is 11.3 Å². The molecule has 5 nitrogen and oxygen atoms in total. The maximum atomic E-state index is 13.0. The van der Waals surface area contributed by atoms with E-state index < -0.39 is 0 Å². The zero-order valence-electron chi connectivity index (χ0n) is 17.7. The first-order valence-electron chi connectivity index (χ1n) is 11.2. The van der Waals surface area contributed by atoms with Crippen LogP contribution < -0.4 is 5.32 Å². The van der Waals surface area contributed by atoms with Crippen molar-refractivity contribution in [2.24, 2.45) is 0 Å². The number of benzene rings is 2. The number of fused-ring (bicyclic) bond motifs is 1. The van der Waals surface area contributed by atoms with Crippen LogP contribution in [0, 0.1) is 0 Å². The Balaban J connectivity index is 1.30. The average molecular weight is 441 g/mol. The second-order valence-corrected chi connectivity index (χ2v) is 9.53. The smallest absolute Gasteiger partial charge is 0.255 e. The quantitative estimate of drug-likeness (QED) is 0.398. The van der Waals surface area contributed by atoms with E-state index in [0.717, 1.165) is 51.8 Å². The zero-order chi connectivity index (χ0) is 21.5. The minimum atomic E-state index is 0.137. The van der Waals surface area contributed by atoms with Crippen LogP contribution in [-0.4, -0.2) is 32.9 Å². The molecule has 32 heavy (non-hydrogen) atoms. The molecule has 0 atom stereocenters. The summed E-state index contributed by atoms with van der Waals surface area (Å²) in [5.74, 6) is 1.05. The molecule has 2 saturated carbocycles. The number of carbonyl (C=O) groups excluding carboxylic acids is 1. The third-order valence-corrected chi connectivity index (χ3v) is 6.87. The molecule has 160 valence electrons. The van der Waals surface area contributed by atoms with Gasteiger partial charge in [-0.05, 0) is 72.0 Å². The number of nitrogens with zero attached hydrogens (tertiary/aromatic N) is 3. The molecule has 2 heterocycles. The highest BCUT2D eigenvalue weighted by Crippen LogP contribution is 2.33. The van der Waals surface area contributed by atoms with Gasteiger partial charge in [0, 0.05) is 29.4 Å². The maximum Gasteiger partial charge on any atom is 0.255 e. The zero-order valence-corrected chi connectivity index (χ0v) is 18.5. The molecule has 2 fully saturated rings. The lowest BCUT2D eigenvalue weighted by Gasteiger charge is -2.22. The van der Waals surface area contributed by atoms with Crippen LogP contribution in [0.25, 0.3) is 22.0 Å². The van der Waals surface area contributed by atoms with Gasteiger partial charge in [-0.25, -0.2) is 9.97 Å². The van der Waals surface area contributed by atoms with Gasteiger partial charge in [-0.1, -0.05) is 24.3 Å². The summed E-state index contributed by atoms with van der Waals surface area (Å²) in [4.78, 5) is 24.0. The Hall–Kier alpha value is -3.25. The van der Waals surface area contributed by atoms with E-state index in [9.17, 15) is 4.79 Å². The Morgan fingerprint density at radius 2 is 1.91 bits per heavy atom. The van der Waals surface area contributed by atoms with E-state index in [1.165, 1.54) is 12.8 Å². The number of rotatable bonds is 7. The predicted octanol–water partition coefficient (Wildman–Crippen LogP) is 5.74. The molecule has 0 spiro atoms. The number of amides is 1. The first-order valence-corrected chi connectivity index (χ1v) is 12.1. The molecule has 6 rings (SSSR count). The highest BCUT2D eigenvalue weighted by Gasteiger charge is 2.33. The van der Waals surface area contributed by atoms with Gasteiger partial charge in [-0.15, -0.1) is 0 Å². The summed E-state index contributed by atoms with van der Waals surface area (Å²) in [5.41, 5.74) is 5.17. The molecule has 2 aromatic carbocycles. The maximum absolute atomic E-state index is 13.0. The molecule has 2 aromatic heterocycles. The number of hydrogen-bond donors (Lipinski definition) is 1. The SMILES string of the molecule is O=C(c1ccsc1)N(Cc1cccc(-c2ccc3ncnc(NC4CC4)c3c2)c1)C1CC1. The summed E-state index contributed by atoms with van der Waals surface area (Å²) in [6.07, 6.45) is 6.22. The largest absolute Gasteiger partial charge is 0.367 e. The van der Waals surface area contributed by atoms with Crippen LogP contribution in [0.3, 0.4) is 0 Å². The second kappa shape index (κ2) is 8.02. The van der Waals surface area contributed by atoms with Crippen molar-refractivity contribution < 1.29 is 4.79 Å². The third kappa shape index (κ3) is 3.98. The van der Waals surface area contributed by atoms with E-state index in [-0.39, 0.29) is 5.91 Å². The van der Waals surface area contributed by atoms with Crippen molar-refractivity contribution in [3.63, 3.8) is 0 Å². The summed E-state index contributed by atoms with van der Waals surface area (Å²) in [5, 5.41) is 8.49. The highest BCUT2D eigenvalue weighted by atomic mass is 32.1. The molecule has 0 unspecified atom stereocenters. The van der Waals surface area contributed by atoms with Gasteiger partial charge >= 0.3 is 0 Å². The van der Waals surface area contributed by atoms with Gasteiger partial charge in [-0.3, -0.25) is 4.79 Å². The number of hydrogen-bond acceptors (Lipinski definition) is 5. The fourth-order valence-electron chi connectivity index (χ4n) is 4.12. The van der Waals surface area contributed by atoms with E-state index in [4.69, 9.17) is 0 Å². The van der Waals surface area contributed by atoms with Crippen LogP contribution in [0.4, 0.5) is 5.82 Å². The summed E-state index contributed by atoms with van der Waals surface area (Å²) in [7, 11) is 0. The van der Waals surface area contributed by atoms with Crippen LogP contribution in [0.1, 0.15) is 41.6 Å². The Morgan fingerprint density at radius 3 is 2.69 bits per heavy atom. The Kier molecular flexibility index (Phi) is 4.87. The molecular formula is C26H24N4OS. The Morgan fingerprint density at radius 1 is 1.03 bits per heavy atom. The Bertz CT molecular complexity index is 1280. The molecule has 0 radical (unpaired) electrons. The minimum absolute atomic E-state index is 0.137. The summed E-state index contributed by atoms with van der Waals surface area (Å²) >= 11 is 1.57. The average Bonchev–Trinajstić information content (AvgIpc) is 3.77. The minimum Gasteiger partial charge on any atom is -0.367 e. The van der Waals surface area contributed by atoms with Gasteiger partial charge in [0.05, 0.1) is 11.1 Å². The molecule has 2 aliphatic carbocycles. The number of aromatic nitrogens is 2. The lowest BCUT2D eigenvalue weighted by atomic mass is 10.0. The fraction of sp³-hybridized carbons (Fsp3) is 0.269. The van der Waals surface area contributed by atoms with Crippen molar-refractivity contribution in [2.45, 2.75) is 44.3 Å². The van der Waals surface area contributed by atoms with Gasteiger partial charge in [0.15, 0.2) is 0 Å². The summed E-state index contributed by atoms with van der Waals surface area (Å²) in [6, 6.07) is 17.7. The second-order valence-electron chi connectivity index (χ2n) is 8.75. The van der Waals surface area contributed by atoms with E-state index >= 15 is 0 Å². The van der Waals surface area contributed by atoms with Gasteiger partial charge in [0.2, 0.25) is 0 Å². The molecule has 0 saturated heterocycles. The molecule has 0 bridgehead atoms. The van der Waals surface area contributed by atoms with E-state index in [0.29, 0.717) is 18.6 Å². The first-order chi connectivity index (χ1) is 15.7. The molecule has 4 aromatic rings. The van der Waals surface area contributed by atoms with Crippen molar-refractivity contribution in [1.29, 1.82) is 0 Å². The number of thiophene rings is 1. The first kappa shape index (κ1) is 19.4. The highest BCUT2D eigenvalue weighted by molar-refractivity contribution is 7.08. The van der Waals surface area contributed by atoms with Crippen molar-refractivity contribution in [3.8, 4) is 11.1 Å². The summed E-state index contributed by atoms with van der Waals surface area (Å²) < 4.78 is 0. The lowest BCUT2D eigenvalue weighted by Crippen LogP contribution is -2.32. The van der Waals surface area contributed by atoms with Crippen molar-refractivity contribution in [3.05, 3.63) is 76.7 Å². The van der Waals surface area contributed by atoms with E-state index in [2.05, 4.69) is 57.7 Å². The molecule has 0 aliphatic heterocycles. The van der Waals surface area contributed by atoms with Crippen molar-refractivity contribution in [1.82, 2.24) is 14.9 Å². The van der Waals surface area contributed by atoms with Gasteiger partial charge in [-0.2, -0.15) is 11.3 Å². The molecule has 1 N–H and O–H groups in total. The summed E-state index contributed by atoms with van der Waals surface area (Å²) in [6.45, 7) is 0.637. The van der Waals surface area contributed by atoms with Crippen LogP contribution in [0.15, 0.2) is 65.6 Å². The lowest BCUT2D eigenvalue weighted by molar-refractivity contribution is 0.0730. The molecule has 6 heteroatoms. The molecule has 1 amide bonds. The standard InChI is InChI=1S/C26H24N4OS/c31-26(20-10-11-32-15-20)30(22-7-8-22)14-17-2-1-3-18(12-17)19-4-9-24-23(13-19)25(28-16-27-24)29-21-5-6-21/h1-4,9-13,15-16,21-22H,5-8,14H2,(H,27,28,29). The van der Waals surface area contributed by atoms with Crippen LogP contribution in [0.2, 0.25) is 0 Å². The van der Waals surface area contributed by atoms with Crippen LogP contribution in [-0.2, 0) is 6.54 Å². The van der Waals surface area contributed by atoms with Gasteiger partial charge in [0.25, 0.3) is 5.91 Å².